The van der Waals surface area contributed by atoms with Crippen LogP contribution in [0.3, 0.4) is 0 Å². The summed E-state index contributed by atoms with van der Waals surface area (Å²) in [5.74, 6) is 0.866. The molecule has 0 aliphatic carbocycles. The molecule has 74 valence electrons. The molecule has 1 saturated heterocycles. The first-order valence-electron chi connectivity index (χ1n) is 4.94. The number of hydrogen-bond acceptors (Lipinski definition) is 1. The van der Waals surface area contributed by atoms with Crippen molar-refractivity contribution >= 4 is 5.91 Å². The zero-order chi connectivity index (χ0) is 10.1. The van der Waals surface area contributed by atoms with E-state index >= 15 is 0 Å². The molecule has 1 atom stereocenters. The van der Waals surface area contributed by atoms with Gasteiger partial charge in [-0.1, -0.05) is 34.6 Å². The minimum atomic E-state index is 0.289. The largest absolute Gasteiger partial charge is 0.345 e. The Morgan fingerprint density at radius 3 is 1.75 bits per heavy atom. The molecule has 2 heteroatoms. The van der Waals surface area contributed by atoms with Crippen molar-refractivity contribution in [3.63, 3.8) is 0 Å². The van der Waals surface area contributed by atoms with Crippen molar-refractivity contribution < 1.29 is 4.79 Å². The van der Waals surface area contributed by atoms with Crippen molar-refractivity contribution in [2.24, 2.45) is 5.92 Å². The molecule has 0 N–H and O–H groups in total. The summed E-state index contributed by atoms with van der Waals surface area (Å²) in [5.41, 5.74) is 0. The summed E-state index contributed by atoms with van der Waals surface area (Å²) in [4.78, 5) is 12.5. The fourth-order valence-corrected chi connectivity index (χ4v) is 1.09. The van der Waals surface area contributed by atoms with Gasteiger partial charge in [-0.15, -0.1) is 0 Å². The van der Waals surface area contributed by atoms with Crippen LogP contribution in [0.4, 0.5) is 0 Å². The molecule has 0 radical (unpaired) electrons. The zero-order valence-corrected chi connectivity index (χ0v) is 9.35. The van der Waals surface area contributed by atoms with Gasteiger partial charge in [-0.3, -0.25) is 4.79 Å². The number of likely N-dealkylation sites (tertiary alicyclic amines) is 1. The first kappa shape index (κ1) is 14.0. The molecule has 0 aromatic carbocycles. The van der Waals surface area contributed by atoms with E-state index in [9.17, 15) is 4.79 Å². The lowest BCUT2D eigenvalue weighted by molar-refractivity contribution is -0.126. The lowest BCUT2D eigenvalue weighted by atomic mass is 10.2. The Hall–Kier alpha value is -0.530. The molecular weight excluding hydrogens is 150 g/mol. The van der Waals surface area contributed by atoms with E-state index in [0.29, 0.717) is 5.92 Å². The fraction of sp³-hybridized carbons (Fsp3) is 0.900. The second-order valence-electron chi connectivity index (χ2n) is 2.58. The zero-order valence-electron chi connectivity index (χ0n) is 9.35. The van der Waals surface area contributed by atoms with E-state index in [1.54, 1.807) is 4.90 Å². The molecule has 1 aliphatic rings. The van der Waals surface area contributed by atoms with E-state index in [4.69, 9.17) is 0 Å². The van der Waals surface area contributed by atoms with Crippen LogP contribution in [0.15, 0.2) is 0 Å². The smallest absolute Gasteiger partial charge is 0.222 e. The van der Waals surface area contributed by atoms with Gasteiger partial charge in [0.2, 0.25) is 5.91 Å². The molecule has 0 aromatic heterocycles. The first-order valence-corrected chi connectivity index (χ1v) is 4.94. The molecular formula is C10H23NO. The third kappa shape index (κ3) is 5.16. The highest BCUT2D eigenvalue weighted by Crippen LogP contribution is 2.13. The number of amides is 1. The predicted octanol–water partition coefficient (Wildman–Crippen LogP) is 2.54. The number of rotatable bonds is 0. The van der Waals surface area contributed by atoms with Crippen LogP contribution in [0.25, 0.3) is 0 Å². The van der Waals surface area contributed by atoms with Gasteiger partial charge in [0.25, 0.3) is 0 Å². The molecule has 1 fully saturated rings. The van der Waals surface area contributed by atoms with E-state index in [1.807, 2.05) is 34.7 Å². The Kier molecular flexibility index (Phi) is 10.0. The van der Waals surface area contributed by atoms with E-state index in [0.717, 1.165) is 13.0 Å². The summed E-state index contributed by atoms with van der Waals surface area (Å²) in [6.07, 6.45) is 0.747. The molecule has 0 aromatic rings. The van der Waals surface area contributed by atoms with Gasteiger partial charge in [0, 0.05) is 20.0 Å². The Bertz CT molecular complexity index is 112. The molecule has 0 bridgehead atoms. The van der Waals surface area contributed by atoms with Crippen molar-refractivity contribution in [2.75, 3.05) is 13.6 Å². The molecule has 2 nitrogen and oxygen atoms in total. The van der Waals surface area contributed by atoms with Gasteiger partial charge >= 0.3 is 0 Å². The first-order chi connectivity index (χ1) is 5.70. The molecule has 1 rings (SSSR count). The van der Waals surface area contributed by atoms with Gasteiger partial charge < -0.3 is 4.90 Å². The monoisotopic (exact) mass is 173 g/mol. The maximum Gasteiger partial charge on any atom is 0.222 e. The summed E-state index contributed by atoms with van der Waals surface area (Å²) >= 11 is 0. The van der Waals surface area contributed by atoms with Gasteiger partial charge in [-0.2, -0.15) is 0 Å². The maximum atomic E-state index is 10.7. The lowest BCUT2D eigenvalue weighted by Crippen LogP contribution is -2.18. The summed E-state index contributed by atoms with van der Waals surface area (Å²) < 4.78 is 0. The van der Waals surface area contributed by atoms with Crippen molar-refractivity contribution in [1.82, 2.24) is 4.90 Å². The standard InChI is InChI=1S/C6H11NO.2C2H6/c1-5-3-6(8)7(2)4-5;2*1-2/h5H,3-4H2,1-2H3;2*1-2H3. The Morgan fingerprint density at radius 2 is 1.67 bits per heavy atom. The molecule has 1 aliphatic heterocycles. The van der Waals surface area contributed by atoms with Crippen LogP contribution in [0.1, 0.15) is 41.0 Å². The minimum Gasteiger partial charge on any atom is -0.345 e. The topological polar surface area (TPSA) is 20.3 Å². The SMILES string of the molecule is CC.CC.CC1CC(=O)N(C)C1. The Balaban J connectivity index is 0. The molecule has 0 saturated carbocycles. The van der Waals surface area contributed by atoms with Crippen LogP contribution in [0, 0.1) is 5.92 Å². The third-order valence-corrected chi connectivity index (χ3v) is 1.53. The molecule has 1 unspecified atom stereocenters. The number of nitrogens with zero attached hydrogens (tertiary/aromatic N) is 1. The van der Waals surface area contributed by atoms with Crippen LogP contribution in [0.2, 0.25) is 0 Å². The molecule has 0 spiro atoms. The average Bonchev–Trinajstić information content (AvgIpc) is 2.37. The summed E-state index contributed by atoms with van der Waals surface area (Å²) in [6, 6.07) is 0. The van der Waals surface area contributed by atoms with E-state index < -0.39 is 0 Å². The Labute approximate surface area is 77.0 Å². The highest BCUT2D eigenvalue weighted by atomic mass is 16.2. The molecule has 12 heavy (non-hydrogen) atoms. The highest BCUT2D eigenvalue weighted by molar-refractivity contribution is 5.78. The van der Waals surface area contributed by atoms with E-state index in [-0.39, 0.29) is 5.91 Å². The van der Waals surface area contributed by atoms with Gasteiger partial charge in [0.1, 0.15) is 0 Å². The maximum absolute atomic E-state index is 10.7. The lowest BCUT2D eigenvalue weighted by Gasteiger charge is -2.04. The fourth-order valence-electron chi connectivity index (χ4n) is 1.09. The Morgan fingerprint density at radius 1 is 1.25 bits per heavy atom. The van der Waals surface area contributed by atoms with Gasteiger partial charge in [0.15, 0.2) is 0 Å². The number of hydrogen-bond donors (Lipinski definition) is 0. The number of carbonyl (C=O) groups is 1. The van der Waals surface area contributed by atoms with E-state index in [2.05, 4.69) is 6.92 Å². The van der Waals surface area contributed by atoms with Crippen LogP contribution in [-0.4, -0.2) is 24.4 Å². The second-order valence-corrected chi connectivity index (χ2v) is 2.58. The van der Waals surface area contributed by atoms with Gasteiger partial charge in [0.05, 0.1) is 0 Å². The van der Waals surface area contributed by atoms with E-state index in [1.165, 1.54) is 0 Å². The van der Waals surface area contributed by atoms with Crippen LogP contribution >= 0.6 is 0 Å². The summed E-state index contributed by atoms with van der Waals surface area (Å²) in [7, 11) is 1.85. The molecule has 1 heterocycles. The van der Waals surface area contributed by atoms with Crippen molar-refractivity contribution in [1.29, 1.82) is 0 Å². The second kappa shape index (κ2) is 8.57. The minimum absolute atomic E-state index is 0.289. The molecule has 1 amide bonds. The predicted molar refractivity (Wildman–Crippen MR) is 54.1 cm³/mol. The summed E-state index contributed by atoms with van der Waals surface area (Å²) in [6.45, 7) is 11.0. The summed E-state index contributed by atoms with van der Waals surface area (Å²) in [5, 5.41) is 0. The van der Waals surface area contributed by atoms with Gasteiger partial charge in [-0.25, -0.2) is 0 Å². The highest BCUT2D eigenvalue weighted by Gasteiger charge is 2.22. The van der Waals surface area contributed by atoms with Crippen LogP contribution in [0.5, 0.6) is 0 Å². The third-order valence-electron chi connectivity index (χ3n) is 1.53. The van der Waals surface area contributed by atoms with Crippen molar-refractivity contribution in [3.05, 3.63) is 0 Å². The van der Waals surface area contributed by atoms with Crippen molar-refractivity contribution in [2.45, 2.75) is 41.0 Å². The van der Waals surface area contributed by atoms with Crippen LogP contribution in [-0.2, 0) is 4.79 Å². The van der Waals surface area contributed by atoms with Crippen molar-refractivity contribution in [3.8, 4) is 0 Å². The number of carbonyl (C=O) groups excluding carboxylic acids is 1. The van der Waals surface area contributed by atoms with Gasteiger partial charge in [-0.05, 0) is 5.92 Å². The quantitative estimate of drug-likeness (QED) is 0.551. The van der Waals surface area contributed by atoms with Crippen LogP contribution < -0.4 is 0 Å². The normalized spacial score (nSPS) is 20.7. The average molecular weight is 173 g/mol.